The molecule has 0 aliphatic rings. The number of imidazole rings is 1. The second kappa shape index (κ2) is 12.0. The van der Waals surface area contributed by atoms with Crippen LogP contribution >= 0.6 is 11.8 Å². The summed E-state index contributed by atoms with van der Waals surface area (Å²) in [5.74, 6) is 1.45. The van der Waals surface area contributed by atoms with Gasteiger partial charge in [0.1, 0.15) is 5.75 Å². The van der Waals surface area contributed by atoms with Crippen molar-refractivity contribution in [1.82, 2.24) is 14.9 Å². The average Bonchev–Trinajstić information content (AvgIpc) is 3.27. The Kier molecular flexibility index (Phi) is 8.49. The highest BCUT2D eigenvalue weighted by atomic mass is 32.2. The molecule has 0 bridgehead atoms. The van der Waals surface area contributed by atoms with Crippen LogP contribution in [0.25, 0.3) is 22.5 Å². The molecule has 0 radical (unpaired) electrons. The molecule has 4 rings (SSSR count). The third-order valence-electron chi connectivity index (χ3n) is 6.07. The zero-order valence-corrected chi connectivity index (χ0v) is 22.2. The van der Waals surface area contributed by atoms with Gasteiger partial charge in [0.05, 0.1) is 18.5 Å². The number of hydrogen-bond donors (Lipinski definition) is 1. The quantitative estimate of drug-likeness (QED) is 0.193. The van der Waals surface area contributed by atoms with Gasteiger partial charge in [-0.2, -0.15) is 0 Å². The van der Waals surface area contributed by atoms with Gasteiger partial charge in [-0.25, -0.2) is 4.98 Å². The minimum Gasteiger partial charge on any atom is -0.497 e. The van der Waals surface area contributed by atoms with Crippen molar-refractivity contribution >= 4 is 17.7 Å². The highest BCUT2D eigenvalue weighted by Crippen LogP contribution is 2.36. The number of rotatable bonds is 10. The number of ether oxygens (including phenoxy) is 1. The molecule has 36 heavy (non-hydrogen) atoms. The average molecular weight is 500 g/mol. The molecule has 0 fully saturated rings. The SMILES string of the molecule is CCn1c(SCCCNC(=O)c2cccc(OC)c2)nc(-c2ccc(C)cc2)c1-c1ccc(C)cc1. The molecular weight excluding hydrogens is 466 g/mol. The molecule has 0 atom stereocenters. The molecule has 1 aromatic heterocycles. The molecule has 0 unspecified atom stereocenters. The summed E-state index contributed by atoms with van der Waals surface area (Å²) in [6.45, 7) is 7.80. The Morgan fingerprint density at radius 3 is 2.28 bits per heavy atom. The molecule has 5 nitrogen and oxygen atoms in total. The Hall–Kier alpha value is -3.51. The van der Waals surface area contributed by atoms with Crippen LogP contribution in [0.15, 0.2) is 78.0 Å². The van der Waals surface area contributed by atoms with Crippen LogP contribution in [0.5, 0.6) is 5.75 Å². The first-order chi connectivity index (χ1) is 17.5. The number of nitrogens with one attached hydrogen (secondary N) is 1. The molecule has 0 saturated heterocycles. The van der Waals surface area contributed by atoms with Crippen LogP contribution in [0.3, 0.4) is 0 Å². The molecule has 0 spiro atoms. The maximum absolute atomic E-state index is 12.5. The monoisotopic (exact) mass is 499 g/mol. The summed E-state index contributed by atoms with van der Waals surface area (Å²) in [4.78, 5) is 17.6. The molecule has 1 N–H and O–H groups in total. The second-order valence-electron chi connectivity index (χ2n) is 8.76. The van der Waals surface area contributed by atoms with Crippen molar-refractivity contribution in [3.8, 4) is 28.3 Å². The van der Waals surface area contributed by atoms with E-state index in [0.29, 0.717) is 17.9 Å². The van der Waals surface area contributed by atoms with E-state index in [9.17, 15) is 4.79 Å². The van der Waals surface area contributed by atoms with E-state index in [1.165, 1.54) is 16.7 Å². The smallest absolute Gasteiger partial charge is 0.251 e. The number of carbonyl (C=O) groups is 1. The lowest BCUT2D eigenvalue weighted by atomic mass is 10.0. The number of thioether (sulfide) groups is 1. The zero-order valence-electron chi connectivity index (χ0n) is 21.4. The van der Waals surface area contributed by atoms with Gasteiger partial charge in [-0.15, -0.1) is 0 Å². The predicted octanol–water partition coefficient (Wildman–Crippen LogP) is 6.77. The van der Waals surface area contributed by atoms with E-state index >= 15 is 0 Å². The van der Waals surface area contributed by atoms with Gasteiger partial charge in [0.15, 0.2) is 5.16 Å². The van der Waals surface area contributed by atoms with Crippen LogP contribution in [-0.2, 0) is 6.54 Å². The third-order valence-corrected chi connectivity index (χ3v) is 7.13. The van der Waals surface area contributed by atoms with Gasteiger partial charge in [-0.1, -0.05) is 77.5 Å². The minimum atomic E-state index is -0.0859. The van der Waals surface area contributed by atoms with Gasteiger partial charge in [-0.3, -0.25) is 4.79 Å². The number of hydrogen-bond acceptors (Lipinski definition) is 4. The Bertz CT molecular complexity index is 1310. The first-order valence-electron chi connectivity index (χ1n) is 12.3. The molecule has 0 aliphatic carbocycles. The fourth-order valence-corrected chi connectivity index (χ4v) is 5.06. The fourth-order valence-electron chi connectivity index (χ4n) is 4.06. The number of carbonyl (C=O) groups excluding carboxylic acids is 1. The summed E-state index contributed by atoms with van der Waals surface area (Å²) in [5, 5.41) is 4.01. The lowest BCUT2D eigenvalue weighted by molar-refractivity contribution is 0.0953. The van der Waals surface area contributed by atoms with Crippen molar-refractivity contribution in [3.63, 3.8) is 0 Å². The molecule has 0 saturated carbocycles. The van der Waals surface area contributed by atoms with Crippen LogP contribution in [-0.4, -0.2) is 34.9 Å². The number of aryl methyl sites for hydroxylation is 2. The van der Waals surface area contributed by atoms with E-state index in [0.717, 1.165) is 40.8 Å². The lowest BCUT2D eigenvalue weighted by Gasteiger charge is -2.11. The van der Waals surface area contributed by atoms with Crippen molar-refractivity contribution in [1.29, 1.82) is 0 Å². The van der Waals surface area contributed by atoms with Crippen LogP contribution in [0, 0.1) is 13.8 Å². The number of benzene rings is 3. The number of methoxy groups -OCH3 is 1. The van der Waals surface area contributed by atoms with Crippen LogP contribution in [0.1, 0.15) is 34.8 Å². The Morgan fingerprint density at radius 2 is 1.64 bits per heavy atom. The van der Waals surface area contributed by atoms with E-state index in [1.807, 2.05) is 12.1 Å². The maximum Gasteiger partial charge on any atom is 0.251 e. The van der Waals surface area contributed by atoms with E-state index in [-0.39, 0.29) is 5.91 Å². The van der Waals surface area contributed by atoms with Crippen molar-refractivity contribution in [2.24, 2.45) is 0 Å². The topological polar surface area (TPSA) is 56.2 Å². The fraction of sp³-hybridized carbons (Fsp3) is 0.267. The van der Waals surface area contributed by atoms with E-state index in [4.69, 9.17) is 9.72 Å². The van der Waals surface area contributed by atoms with Gasteiger partial charge < -0.3 is 14.6 Å². The van der Waals surface area contributed by atoms with Gasteiger partial charge in [0.25, 0.3) is 5.91 Å². The largest absolute Gasteiger partial charge is 0.497 e. The van der Waals surface area contributed by atoms with Crippen LogP contribution < -0.4 is 10.1 Å². The summed E-state index contributed by atoms with van der Waals surface area (Å²) in [6.07, 6.45) is 0.844. The van der Waals surface area contributed by atoms with Crippen molar-refractivity contribution in [2.45, 2.75) is 38.9 Å². The summed E-state index contributed by atoms with van der Waals surface area (Å²) in [5.41, 5.74) is 7.53. The highest BCUT2D eigenvalue weighted by molar-refractivity contribution is 7.99. The van der Waals surface area contributed by atoms with Crippen molar-refractivity contribution in [2.75, 3.05) is 19.4 Å². The molecule has 186 valence electrons. The molecule has 4 aromatic rings. The number of amides is 1. The predicted molar refractivity (Wildman–Crippen MR) is 149 cm³/mol. The third kappa shape index (κ3) is 6.00. The minimum absolute atomic E-state index is 0.0859. The summed E-state index contributed by atoms with van der Waals surface area (Å²) in [6, 6.07) is 24.4. The number of aromatic nitrogens is 2. The van der Waals surface area contributed by atoms with E-state index < -0.39 is 0 Å². The normalized spacial score (nSPS) is 10.9. The van der Waals surface area contributed by atoms with E-state index in [2.05, 4.69) is 79.2 Å². The van der Waals surface area contributed by atoms with Crippen molar-refractivity contribution in [3.05, 3.63) is 89.5 Å². The molecule has 1 heterocycles. The maximum atomic E-state index is 12.5. The molecule has 0 aliphatic heterocycles. The standard InChI is InChI=1S/C30H33N3O2S/c1-5-33-28(24-16-12-22(3)13-17-24)27(23-14-10-21(2)11-15-23)32-30(33)36-19-7-18-31-29(34)25-8-6-9-26(20-25)35-4/h6,8-17,20H,5,7,18-19H2,1-4H3,(H,31,34). The van der Waals surface area contributed by atoms with E-state index in [1.54, 1.807) is 31.0 Å². The Labute approximate surface area is 217 Å². The number of nitrogens with zero attached hydrogens (tertiary/aromatic N) is 2. The van der Waals surface area contributed by atoms with Gasteiger partial charge in [0, 0.05) is 35.5 Å². The van der Waals surface area contributed by atoms with Crippen LogP contribution in [0.4, 0.5) is 0 Å². The van der Waals surface area contributed by atoms with Crippen molar-refractivity contribution < 1.29 is 9.53 Å². The second-order valence-corrected chi connectivity index (χ2v) is 9.82. The molecule has 3 aromatic carbocycles. The lowest BCUT2D eigenvalue weighted by Crippen LogP contribution is -2.24. The summed E-state index contributed by atoms with van der Waals surface area (Å²) < 4.78 is 7.52. The Balaban J connectivity index is 1.48. The highest BCUT2D eigenvalue weighted by Gasteiger charge is 2.19. The first-order valence-corrected chi connectivity index (χ1v) is 13.3. The summed E-state index contributed by atoms with van der Waals surface area (Å²) in [7, 11) is 1.60. The molecule has 1 amide bonds. The summed E-state index contributed by atoms with van der Waals surface area (Å²) >= 11 is 1.74. The van der Waals surface area contributed by atoms with Gasteiger partial charge in [0.2, 0.25) is 0 Å². The molecular formula is C30H33N3O2S. The van der Waals surface area contributed by atoms with Gasteiger partial charge in [-0.05, 0) is 45.4 Å². The Morgan fingerprint density at radius 1 is 0.972 bits per heavy atom. The van der Waals surface area contributed by atoms with Crippen LogP contribution in [0.2, 0.25) is 0 Å². The first kappa shape index (κ1) is 25.6. The zero-order chi connectivity index (χ0) is 25.5. The molecule has 6 heteroatoms. The van der Waals surface area contributed by atoms with Gasteiger partial charge >= 0.3 is 0 Å².